The van der Waals surface area contributed by atoms with Crippen molar-refractivity contribution in [3.8, 4) is 0 Å². The second-order valence-corrected chi connectivity index (χ2v) is 4.66. The van der Waals surface area contributed by atoms with Gasteiger partial charge in [0, 0.05) is 24.9 Å². The zero-order chi connectivity index (χ0) is 10.0. The Morgan fingerprint density at radius 3 is 2.86 bits per heavy atom. The molecule has 2 aliphatic heterocycles. The number of nitrogens with zero attached hydrogens (tertiary/aromatic N) is 1. The minimum absolute atomic E-state index is 0.332. The Bertz CT molecular complexity index is 223. The molecule has 80 valence electrons. The van der Waals surface area contributed by atoms with Crippen LogP contribution in [0.5, 0.6) is 0 Å². The molecular formula is C11H19NO2. The summed E-state index contributed by atoms with van der Waals surface area (Å²) in [7, 11) is 0. The van der Waals surface area contributed by atoms with Crippen molar-refractivity contribution in [3.63, 3.8) is 0 Å². The highest BCUT2D eigenvalue weighted by Crippen LogP contribution is 2.36. The summed E-state index contributed by atoms with van der Waals surface area (Å²) in [5, 5.41) is 0. The van der Waals surface area contributed by atoms with Gasteiger partial charge in [0.2, 0.25) is 5.91 Å². The predicted molar refractivity (Wildman–Crippen MR) is 54.0 cm³/mol. The summed E-state index contributed by atoms with van der Waals surface area (Å²) >= 11 is 0. The van der Waals surface area contributed by atoms with Crippen LogP contribution in [0, 0.1) is 5.41 Å². The lowest BCUT2D eigenvalue weighted by atomic mass is 9.78. The van der Waals surface area contributed by atoms with E-state index in [4.69, 9.17) is 4.74 Å². The van der Waals surface area contributed by atoms with Crippen LogP contribution in [0.25, 0.3) is 0 Å². The fourth-order valence-electron chi connectivity index (χ4n) is 2.42. The Kier molecular flexibility index (Phi) is 2.77. The van der Waals surface area contributed by atoms with E-state index in [0.717, 1.165) is 39.1 Å². The van der Waals surface area contributed by atoms with Crippen LogP contribution in [-0.4, -0.2) is 37.1 Å². The summed E-state index contributed by atoms with van der Waals surface area (Å²) in [5.41, 5.74) is 0.335. The Morgan fingerprint density at radius 1 is 1.50 bits per heavy atom. The molecule has 0 bridgehead atoms. The Balaban J connectivity index is 1.90. The third kappa shape index (κ3) is 1.78. The fourth-order valence-corrected chi connectivity index (χ4v) is 2.42. The van der Waals surface area contributed by atoms with Gasteiger partial charge in [0.25, 0.3) is 0 Å². The summed E-state index contributed by atoms with van der Waals surface area (Å²) in [4.78, 5) is 13.7. The number of carbonyl (C=O) groups excluding carboxylic acids is 1. The average molecular weight is 197 g/mol. The molecule has 0 aromatic rings. The van der Waals surface area contributed by atoms with Gasteiger partial charge in [-0.3, -0.25) is 4.79 Å². The lowest BCUT2D eigenvalue weighted by molar-refractivity contribution is -0.159. The van der Waals surface area contributed by atoms with Crippen molar-refractivity contribution in [1.82, 2.24) is 4.90 Å². The molecule has 1 amide bonds. The van der Waals surface area contributed by atoms with Crippen molar-refractivity contribution in [2.24, 2.45) is 5.41 Å². The van der Waals surface area contributed by atoms with E-state index in [1.54, 1.807) is 0 Å². The Morgan fingerprint density at radius 2 is 2.29 bits per heavy atom. The standard InChI is InChI=1S/C11H19NO2/c1-2-4-10(13)12-6-3-5-11(7-12)8-14-9-11/h2-9H2,1H3. The van der Waals surface area contributed by atoms with E-state index in [1.807, 2.05) is 4.90 Å². The first kappa shape index (κ1) is 9.97. The van der Waals surface area contributed by atoms with Crippen LogP contribution in [0.2, 0.25) is 0 Å². The van der Waals surface area contributed by atoms with Gasteiger partial charge in [-0.25, -0.2) is 0 Å². The summed E-state index contributed by atoms with van der Waals surface area (Å²) < 4.78 is 5.27. The summed E-state index contributed by atoms with van der Waals surface area (Å²) in [6.45, 7) is 5.68. The molecule has 3 nitrogen and oxygen atoms in total. The molecule has 2 aliphatic rings. The van der Waals surface area contributed by atoms with Crippen LogP contribution in [0.4, 0.5) is 0 Å². The molecule has 0 saturated carbocycles. The molecule has 0 aromatic carbocycles. The van der Waals surface area contributed by atoms with E-state index < -0.39 is 0 Å². The first-order chi connectivity index (χ1) is 6.76. The maximum Gasteiger partial charge on any atom is 0.222 e. The van der Waals surface area contributed by atoms with Crippen LogP contribution in [0.15, 0.2) is 0 Å². The minimum atomic E-state index is 0.332. The number of likely N-dealkylation sites (tertiary alicyclic amines) is 1. The quantitative estimate of drug-likeness (QED) is 0.670. The predicted octanol–water partition coefficient (Wildman–Crippen LogP) is 1.43. The fraction of sp³-hybridized carbons (Fsp3) is 0.909. The first-order valence-corrected chi connectivity index (χ1v) is 5.61. The third-order valence-corrected chi connectivity index (χ3v) is 3.29. The Labute approximate surface area is 85.4 Å². The minimum Gasteiger partial charge on any atom is -0.380 e. The van der Waals surface area contributed by atoms with Gasteiger partial charge < -0.3 is 9.64 Å². The molecule has 0 atom stereocenters. The van der Waals surface area contributed by atoms with Gasteiger partial charge in [-0.15, -0.1) is 0 Å². The van der Waals surface area contributed by atoms with E-state index in [0.29, 0.717) is 17.7 Å². The highest BCUT2D eigenvalue weighted by atomic mass is 16.5. The van der Waals surface area contributed by atoms with Gasteiger partial charge in [-0.1, -0.05) is 6.92 Å². The number of amides is 1. The zero-order valence-corrected chi connectivity index (χ0v) is 8.92. The SMILES string of the molecule is CCCC(=O)N1CCCC2(COC2)C1. The summed E-state index contributed by atoms with van der Waals surface area (Å²) in [5.74, 6) is 0.332. The monoisotopic (exact) mass is 197 g/mol. The van der Waals surface area contributed by atoms with Gasteiger partial charge >= 0.3 is 0 Å². The van der Waals surface area contributed by atoms with Crippen molar-refractivity contribution >= 4 is 5.91 Å². The number of carbonyl (C=O) groups is 1. The molecule has 2 saturated heterocycles. The van der Waals surface area contributed by atoms with Crippen molar-refractivity contribution in [1.29, 1.82) is 0 Å². The molecule has 2 fully saturated rings. The van der Waals surface area contributed by atoms with Crippen LogP contribution in [0.1, 0.15) is 32.6 Å². The van der Waals surface area contributed by atoms with Gasteiger partial charge in [-0.05, 0) is 19.3 Å². The largest absolute Gasteiger partial charge is 0.380 e. The Hall–Kier alpha value is -0.570. The summed E-state index contributed by atoms with van der Waals surface area (Å²) in [6, 6.07) is 0. The molecule has 3 heteroatoms. The molecule has 2 rings (SSSR count). The van der Waals surface area contributed by atoms with E-state index in [-0.39, 0.29) is 0 Å². The maximum atomic E-state index is 11.7. The maximum absolute atomic E-state index is 11.7. The number of piperidine rings is 1. The molecule has 1 spiro atoms. The molecule has 2 heterocycles. The van der Waals surface area contributed by atoms with Gasteiger partial charge in [-0.2, -0.15) is 0 Å². The smallest absolute Gasteiger partial charge is 0.222 e. The van der Waals surface area contributed by atoms with Gasteiger partial charge in [0.05, 0.1) is 13.2 Å². The van der Waals surface area contributed by atoms with Crippen molar-refractivity contribution in [3.05, 3.63) is 0 Å². The van der Waals surface area contributed by atoms with Crippen molar-refractivity contribution in [2.45, 2.75) is 32.6 Å². The van der Waals surface area contributed by atoms with Crippen molar-refractivity contribution in [2.75, 3.05) is 26.3 Å². The highest BCUT2D eigenvalue weighted by molar-refractivity contribution is 5.76. The second kappa shape index (κ2) is 3.89. The zero-order valence-electron chi connectivity index (χ0n) is 8.92. The van der Waals surface area contributed by atoms with E-state index in [1.165, 1.54) is 6.42 Å². The molecule has 0 radical (unpaired) electrons. The van der Waals surface area contributed by atoms with Crippen LogP contribution < -0.4 is 0 Å². The molecule has 0 N–H and O–H groups in total. The lowest BCUT2D eigenvalue weighted by Crippen LogP contribution is -2.55. The van der Waals surface area contributed by atoms with Gasteiger partial charge in [0.15, 0.2) is 0 Å². The number of ether oxygens (including phenoxy) is 1. The molecular weight excluding hydrogens is 178 g/mol. The molecule has 0 aliphatic carbocycles. The molecule has 0 unspecified atom stereocenters. The number of rotatable bonds is 2. The summed E-state index contributed by atoms with van der Waals surface area (Å²) in [6.07, 6.45) is 4.05. The highest BCUT2D eigenvalue weighted by Gasteiger charge is 2.42. The van der Waals surface area contributed by atoms with Crippen LogP contribution in [-0.2, 0) is 9.53 Å². The molecule has 14 heavy (non-hydrogen) atoms. The van der Waals surface area contributed by atoms with E-state index in [2.05, 4.69) is 6.92 Å². The number of hydrogen-bond acceptors (Lipinski definition) is 2. The topological polar surface area (TPSA) is 29.5 Å². The lowest BCUT2D eigenvalue weighted by Gasteiger charge is -2.48. The first-order valence-electron chi connectivity index (χ1n) is 5.61. The number of hydrogen-bond donors (Lipinski definition) is 0. The average Bonchev–Trinajstić information content (AvgIpc) is 2.16. The second-order valence-electron chi connectivity index (χ2n) is 4.66. The van der Waals surface area contributed by atoms with Gasteiger partial charge in [0.1, 0.15) is 0 Å². The third-order valence-electron chi connectivity index (χ3n) is 3.29. The normalized spacial score (nSPS) is 24.8. The van der Waals surface area contributed by atoms with Crippen LogP contribution in [0.3, 0.4) is 0 Å². The van der Waals surface area contributed by atoms with Crippen LogP contribution >= 0.6 is 0 Å². The van der Waals surface area contributed by atoms with E-state index >= 15 is 0 Å². The van der Waals surface area contributed by atoms with Crippen molar-refractivity contribution < 1.29 is 9.53 Å². The molecule has 0 aromatic heterocycles. The van der Waals surface area contributed by atoms with E-state index in [9.17, 15) is 4.79 Å².